The first-order valence-corrected chi connectivity index (χ1v) is 8.12. The van der Waals surface area contributed by atoms with Crippen molar-refractivity contribution in [3.63, 3.8) is 0 Å². The lowest BCUT2D eigenvalue weighted by Crippen LogP contribution is -2.35. The van der Waals surface area contributed by atoms with Gasteiger partial charge >= 0.3 is 0 Å². The van der Waals surface area contributed by atoms with Crippen LogP contribution in [0.4, 0.5) is 4.39 Å². The molecule has 0 aliphatic heterocycles. The molecule has 6 nitrogen and oxygen atoms in total. The summed E-state index contributed by atoms with van der Waals surface area (Å²) in [7, 11) is 1.46. The first-order chi connectivity index (χ1) is 11.5. The highest BCUT2D eigenvalue weighted by atomic mass is 19.1. The monoisotopic (exact) mass is 335 g/mol. The van der Waals surface area contributed by atoms with Gasteiger partial charge in [0.2, 0.25) is 5.88 Å². The van der Waals surface area contributed by atoms with Gasteiger partial charge in [-0.25, -0.2) is 9.37 Å². The Labute approximate surface area is 139 Å². The summed E-state index contributed by atoms with van der Waals surface area (Å²) in [6.07, 6.45) is 1.58. The molecule has 0 bridgehead atoms. The van der Waals surface area contributed by atoms with Crippen molar-refractivity contribution in [3.05, 3.63) is 29.7 Å². The van der Waals surface area contributed by atoms with Crippen LogP contribution in [0.3, 0.4) is 0 Å². The lowest BCUT2D eigenvalue weighted by Gasteiger charge is -2.32. The molecular formula is C17H22FN3O3. The second-order valence-corrected chi connectivity index (χ2v) is 6.35. The Morgan fingerprint density at radius 3 is 2.62 bits per heavy atom. The minimum absolute atomic E-state index is 0.0405. The van der Waals surface area contributed by atoms with Gasteiger partial charge in [-0.1, -0.05) is 0 Å². The Bertz CT molecular complexity index is 720. The molecule has 3 rings (SSSR count). The number of aliphatic hydroxyl groups excluding tert-OH is 2. The van der Waals surface area contributed by atoms with Gasteiger partial charge < -0.3 is 20.7 Å². The van der Waals surface area contributed by atoms with Gasteiger partial charge in [0.1, 0.15) is 17.4 Å². The Kier molecular flexibility index (Phi) is 4.93. The fourth-order valence-corrected chi connectivity index (χ4v) is 3.36. The predicted molar refractivity (Wildman–Crippen MR) is 86.9 cm³/mol. The van der Waals surface area contributed by atoms with Crippen LogP contribution in [0.15, 0.2) is 18.3 Å². The number of hydrogen-bond acceptors (Lipinski definition) is 6. The number of hydrogen-bond donors (Lipinski definition) is 3. The van der Waals surface area contributed by atoms with Gasteiger partial charge in [0.25, 0.3) is 0 Å². The van der Waals surface area contributed by atoms with Crippen LogP contribution in [0.2, 0.25) is 0 Å². The number of nitrogens with two attached hydrogens (primary N) is 1. The van der Waals surface area contributed by atoms with Gasteiger partial charge in [-0.3, -0.25) is 4.98 Å². The summed E-state index contributed by atoms with van der Waals surface area (Å²) in [5.41, 5.74) is 6.47. The molecule has 4 N–H and O–H groups in total. The molecule has 0 saturated heterocycles. The van der Waals surface area contributed by atoms with E-state index in [0.717, 1.165) is 19.0 Å². The van der Waals surface area contributed by atoms with E-state index < -0.39 is 18.0 Å². The number of pyridine rings is 2. The van der Waals surface area contributed by atoms with Gasteiger partial charge in [0, 0.05) is 17.7 Å². The van der Waals surface area contributed by atoms with Crippen molar-refractivity contribution < 1.29 is 19.3 Å². The van der Waals surface area contributed by atoms with Gasteiger partial charge in [0.15, 0.2) is 0 Å². The highest BCUT2D eigenvalue weighted by Gasteiger charge is 2.33. The topological polar surface area (TPSA) is 101 Å². The summed E-state index contributed by atoms with van der Waals surface area (Å²) >= 11 is 0. The van der Waals surface area contributed by atoms with Crippen molar-refractivity contribution in [2.24, 2.45) is 11.7 Å². The van der Waals surface area contributed by atoms with Crippen molar-refractivity contribution in [1.82, 2.24) is 9.97 Å². The molecule has 2 aromatic rings. The molecule has 1 fully saturated rings. The van der Waals surface area contributed by atoms with E-state index in [1.165, 1.54) is 7.11 Å². The Morgan fingerprint density at radius 2 is 1.96 bits per heavy atom. The second-order valence-electron chi connectivity index (χ2n) is 6.35. The van der Waals surface area contributed by atoms with E-state index in [4.69, 9.17) is 10.5 Å². The zero-order valence-electron chi connectivity index (χ0n) is 13.5. The molecule has 0 aromatic carbocycles. The summed E-state index contributed by atoms with van der Waals surface area (Å²) in [6, 6.07) is 3.39. The van der Waals surface area contributed by atoms with E-state index in [1.54, 1.807) is 12.1 Å². The average Bonchev–Trinajstić information content (AvgIpc) is 2.60. The van der Waals surface area contributed by atoms with Gasteiger partial charge in [0.05, 0.1) is 24.9 Å². The van der Waals surface area contributed by atoms with Crippen LogP contribution in [0.1, 0.15) is 37.4 Å². The molecule has 2 atom stereocenters. The SMILES string of the molecule is COc1ccc2ncc(F)c(C(O)[C@H](O)C3CCC(N)CC3)c2n1. The fourth-order valence-electron chi connectivity index (χ4n) is 3.36. The number of halogens is 1. The summed E-state index contributed by atoms with van der Waals surface area (Å²) in [4.78, 5) is 8.18. The molecule has 130 valence electrons. The van der Waals surface area contributed by atoms with E-state index in [0.29, 0.717) is 24.2 Å². The third-order valence-electron chi connectivity index (χ3n) is 4.81. The molecule has 7 heteroatoms. The average molecular weight is 335 g/mol. The smallest absolute Gasteiger partial charge is 0.213 e. The van der Waals surface area contributed by atoms with Crippen LogP contribution in [0.25, 0.3) is 11.0 Å². The summed E-state index contributed by atoms with van der Waals surface area (Å²) in [5, 5.41) is 21.2. The van der Waals surface area contributed by atoms with E-state index in [1.807, 2.05) is 0 Å². The maximum Gasteiger partial charge on any atom is 0.213 e. The molecule has 0 amide bonds. The van der Waals surface area contributed by atoms with Crippen molar-refractivity contribution in [2.45, 2.75) is 43.9 Å². The Balaban J connectivity index is 1.96. The predicted octanol–water partition coefficient (Wildman–Crippen LogP) is 1.69. The zero-order chi connectivity index (χ0) is 17.3. The molecule has 2 heterocycles. The molecule has 0 radical (unpaired) electrons. The standard InChI is InChI=1S/C17H22FN3O3/c1-24-13-7-6-12-15(21-13)14(11(18)8-20-12)17(23)16(22)9-2-4-10(19)5-3-9/h6-10,16-17,22-23H,2-5,19H2,1H3/t9?,10?,16-,17?/m1/s1. The number of nitrogens with zero attached hydrogens (tertiary/aromatic N) is 2. The maximum atomic E-state index is 14.4. The number of aromatic nitrogens is 2. The van der Waals surface area contributed by atoms with Crippen LogP contribution in [0, 0.1) is 11.7 Å². The third kappa shape index (κ3) is 3.19. The number of aliphatic hydroxyl groups is 2. The second kappa shape index (κ2) is 6.96. The van der Waals surface area contributed by atoms with Crippen molar-refractivity contribution in [3.8, 4) is 5.88 Å². The first-order valence-electron chi connectivity index (χ1n) is 8.12. The number of ether oxygens (including phenoxy) is 1. The van der Waals surface area contributed by atoms with Crippen molar-refractivity contribution in [1.29, 1.82) is 0 Å². The summed E-state index contributed by atoms with van der Waals surface area (Å²) in [6.45, 7) is 0. The normalized spacial score (nSPS) is 23.9. The Hall–Kier alpha value is -1.83. The maximum absolute atomic E-state index is 14.4. The first kappa shape index (κ1) is 17.0. The van der Waals surface area contributed by atoms with E-state index in [-0.39, 0.29) is 23.0 Å². The van der Waals surface area contributed by atoms with Crippen molar-refractivity contribution >= 4 is 11.0 Å². The molecule has 1 aliphatic carbocycles. The van der Waals surface area contributed by atoms with E-state index >= 15 is 0 Å². The molecule has 1 unspecified atom stereocenters. The number of fused-ring (bicyclic) bond motifs is 1. The molecular weight excluding hydrogens is 313 g/mol. The largest absolute Gasteiger partial charge is 0.481 e. The molecule has 24 heavy (non-hydrogen) atoms. The minimum Gasteiger partial charge on any atom is -0.481 e. The van der Waals surface area contributed by atoms with Crippen LogP contribution < -0.4 is 10.5 Å². The van der Waals surface area contributed by atoms with E-state index in [9.17, 15) is 14.6 Å². The van der Waals surface area contributed by atoms with Crippen LogP contribution in [-0.2, 0) is 0 Å². The fraction of sp³-hybridized carbons (Fsp3) is 0.529. The quantitative estimate of drug-likeness (QED) is 0.786. The lowest BCUT2D eigenvalue weighted by molar-refractivity contribution is -0.0306. The summed E-state index contributed by atoms with van der Waals surface area (Å²) < 4.78 is 19.4. The molecule has 2 aromatic heterocycles. The summed E-state index contributed by atoms with van der Waals surface area (Å²) in [5.74, 6) is -0.517. The molecule has 1 saturated carbocycles. The third-order valence-corrected chi connectivity index (χ3v) is 4.81. The van der Waals surface area contributed by atoms with Gasteiger partial charge in [-0.2, -0.15) is 0 Å². The van der Waals surface area contributed by atoms with Crippen LogP contribution in [0.5, 0.6) is 5.88 Å². The molecule has 1 aliphatic rings. The zero-order valence-corrected chi connectivity index (χ0v) is 13.5. The number of methoxy groups -OCH3 is 1. The van der Waals surface area contributed by atoms with Gasteiger partial charge in [-0.15, -0.1) is 0 Å². The lowest BCUT2D eigenvalue weighted by atomic mass is 9.80. The highest BCUT2D eigenvalue weighted by Crippen LogP contribution is 2.35. The molecule has 0 spiro atoms. The minimum atomic E-state index is -1.38. The van der Waals surface area contributed by atoms with Crippen molar-refractivity contribution in [2.75, 3.05) is 7.11 Å². The van der Waals surface area contributed by atoms with Crippen LogP contribution in [-0.4, -0.2) is 39.4 Å². The highest BCUT2D eigenvalue weighted by molar-refractivity contribution is 5.78. The van der Waals surface area contributed by atoms with Gasteiger partial charge in [-0.05, 0) is 37.7 Å². The van der Waals surface area contributed by atoms with E-state index in [2.05, 4.69) is 9.97 Å². The Morgan fingerprint density at radius 1 is 1.25 bits per heavy atom. The number of rotatable bonds is 4. The van der Waals surface area contributed by atoms with Crippen LogP contribution >= 0.6 is 0 Å².